The van der Waals surface area contributed by atoms with E-state index in [1.807, 2.05) is 31.3 Å². The second kappa shape index (κ2) is 4.70. The van der Waals surface area contributed by atoms with Gasteiger partial charge in [0.2, 0.25) is 0 Å². The first kappa shape index (κ1) is 12.2. The Hall–Kier alpha value is -1.81. The highest BCUT2D eigenvalue weighted by Crippen LogP contribution is 2.41. The molecule has 0 aromatic carbocycles. The average molecular weight is 254 g/mol. The average Bonchev–Trinajstić information content (AvgIpc) is 2.39. The third-order valence-corrected chi connectivity index (χ3v) is 3.99. The fraction of sp³-hybridized carbons (Fsp3) is 0.400. The SMILES string of the molecule is Cc1cc(-c2cccnc2)nc(C2(CN)CCC2)n1. The third-order valence-electron chi connectivity index (χ3n) is 3.99. The minimum absolute atomic E-state index is 0.00296. The van der Waals surface area contributed by atoms with E-state index in [1.54, 1.807) is 6.20 Å². The number of hydrogen-bond acceptors (Lipinski definition) is 4. The quantitative estimate of drug-likeness (QED) is 0.912. The maximum atomic E-state index is 5.95. The van der Waals surface area contributed by atoms with Crippen LogP contribution in [-0.4, -0.2) is 21.5 Å². The van der Waals surface area contributed by atoms with E-state index < -0.39 is 0 Å². The van der Waals surface area contributed by atoms with Crippen molar-refractivity contribution < 1.29 is 0 Å². The minimum atomic E-state index is 0.00296. The summed E-state index contributed by atoms with van der Waals surface area (Å²) in [6, 6.07) is 5.95. The summed E-state index contributed by atoms with van der Waals surface area (Å²) in [4.78, 5) is 13.5. The number of nitrogens with zero attached hydrogens (tertiary/aromatic N) is 3. The van der Waals surface area contributed by atoms with E-state index in [0.29, 0.717) is 6.54 Å². The Morgan fingerprint density at radius 2 is 2.16 bits per heavy atom. The zero-order valence-corrected chi connectivity index (χ0v) is 11.1. The molecule has 19 heavy (non-hydrogen) atoms. The summed E-state index contributed by atoms with van der Waals surface area (Å²) in [6.45, 7) is 2.64. The summed E-state index contributed by atoms with van der Waals surface area (Å²) >= 11 is 0. The molecular weight excluding hydrogens is 236 g/mol. The van der Waals surface area contributed by atoms with Crippen molar-refractivity contribution in [2.24, 2.45) is 5.73 Å². The van der Waals surface area contributed by atoms with Crippen LogP contribution in [0.5, 0.6) is 0 Å². The van der Waals surface area contributed by atoms with Gasteiger partial charge in [0.05, 0.1) is 5.69 Å². The lowest BCUT2D eigenvalue weighted by Gasteiger charge is -2.39. The van der Waals surface area contributed by atoms with Crippen LogP contribution in [0.1, 0.15) is 30.8 Å². The van der Waals surface area contributed by atoms with E-state index in [9.17, 15) is 0 Å². The number of hydrogen-bond donors (Lipinski definition) is 1. The lowest BCUT2D eigenvalue weighted by molar-refractivity contribution is 0.238. The van der Waals surface area contributed by atoms with Gasteiger partial charge in [0, 0.05) is 35.6 Å². The summed E-state index contributed by atoms with van der Waals surface area (Å²) < 4.78 is 0. The van der Waals surface area contributed by atoms with Crippen LogP contribution in [0.15, 0.2) is 30.6 Å². The number of pyridine rings is 1. The topological polar surface area (TPSA) is 64.7 Å². The predicted octanol–water partition coefficient (Wildman–Crippen LogP) is 2.23. The van der Waals surface area contributed by atoms with Crippen LogP contribution in [0.3, 0.4) is 0 Å². The van der Waals surface area contributed by atoms with Gasteiger partial charge < -0.3 is 5.73 Å². The molecule has 0 atom stereocenters. The normalized spacial score (nSPS) is 16.9. The Labute approximate surface area is 113 Å². The molecule has 1 saturated carbocycles. The van der Waals surface area contributed by atoms with Crippen LogP contribution >= 0.6 is 0 Å². The maximum Gasteiger partial charge on any atom is 0.136 e. The summed E-state index contributed by atoms with van der Waals surface area (Å²) in [7, 11) is 0. The lowest BCUT2D eigenvalue weighted by Crippen LogP contribution is -2.43. The zero-order valence-electron chi connectivity index (χ0n) is 11.1. The highest BCUT2D eigenvalue weighted by molar-refractivity contribution is 5.58. The molecule has 0 radical (unpaired) electrons. The first-order valence-corrected chi connectivity index (χ1v) is 6.70. The molecule has 3 rings (SSSR count). The predicted molar refractivity (Wildman–Crippen MR) is 74.6 cm³/mol. The summed E-state index contributed by atoms with van der Waals surface area (Å²) in [5.41, 5.74) is 8.91. The Bertz CT molecular complexity index is 570. The Kier molecular flexibility index (Phi) is 3.03. The van der Waals surface area contributed by atoms with Crippen LogP contribution < -0.4 is 5.73 Å². The molecular formula is C15H18N4. The van der Waals surface area contributed by atoms with Gasteiger partial charge in [0.15, 0.2) is 0 Å². The van der Waals surface area contributed by atoms with Crippen molar-refractivity contribution in [2.45, 2.75) is 31.6 Å². The molecule has 0 unspecified atom stereocenters. The molecule has 4 nitrogen and oxygen atoms in total. The molecule has 2 N–H and O–H groups in total. The second-order valence-corrected chi connectivity index (χ2v) is 5.30. The van der Waals surface area contributed by atoms with Gasteiger partial charge in [-0.2, -0.15) is 0 Å². The minimum Gasteiger partial charge on any atom is -0.329 e. The number of aromatic nitrogens is 3. The van der Waals surface area contributed by atoms with Crippen LogP contribution in [0, 0.1) is 6.92 Å². The van der Waals surface area contributed by atoms with Crippen LogP contribution in [0.25, 0.3) is 11.3 Å². The van der Waals surface area contributed by atoms with Crippen molar-refractivity contribution in [3.63, 3.8) is 0 Å². The molecule has 2 heterocycles. The number of nitrogens with two attached hydrogens (primary N) is 1. The van der Waals surface area contributed by atoms with Crippen LogP contribution in [0.2, 0.25) is 0 Å². The first-order chi connectivity index (χ1) is 9.23. The molecule has 1 aliphatic rings. The van der Waals surface area contributed by atoms with E-state index >= 15 is 0 Å². The number of aryl methyl sites for hydroxylation is 1. The first-order valence-electron chi connectivity index (χ1n) is 6.70. The molecule has 0 amide bonds. The van der Waals surface area contributed by atoms with Crippen molar-refractivity contribution in [3.05, 3.63) is 42.1 Å². The van der Waals surface area contributed by atoms with E-state index in [1.165, 1.54) is 6.42 Å². The van der Waals surface area contributed by atoms with Gasteiger partial charge in [-0.3, -0.25) is 4.98 Å². The molecule has 0 aliphatic heterocycles. The molecule has 0 saturated heterocycles. The molecule has 4 heteroatoms. The largest absolute Gasteiger partial charge is 0.329 e. The highest BCUT2D eigenvalue weighted by Gasteiger charge is 2.40. The monoisotopic (exact) mass is 254 g/mol. The molecule has 1 fully saturated rings. The van der Waals surface area contributed by atoms with Crippen LogP contribution in [-0.2, 0) is 5.41 Å². The van der Waals surface area contributed by atoms with Gasteiger partial charge in [0.1, 0.15) is 5.82 Å². The third kappa shape index (κ3) is 2.12. The molecule has 2 aromatic heterocycles. The van der Waals surface area contributed by atoms with Gasteiger partial charge in [-0.05, 0) is 38.0 Å². The molecule has 0 bridgehead atoms. The Morgan fingerprint density at radius 1 is 1.32 bits per heavy atom. The van der Waals surface area contributed by atoms with Gasteiger partial charge in [-0.1, -0.05) is 6.42 Å². The zero-order chi connectivity index (χ0) is 13.3. The van der Waals surface area contributed by atoms with E-state index in [4.69, 9.17) is 10.7 Å². The van der Waals surface area contributed by atoms with Gasteiger partial charge >= 0.3 is 0 Å². The van der Waals surface area contributed by atoms with E-state index in [0.717, 1.165) is 35.6 Å². The summed E-state index contributed by atoms with van der Waals surface area (Å²) in [5.74, 6) is 0.903. The smallest absolute Gasteiger partial charge is 0.136 e. The van der Waals surface area contributed by atoms with Gasteiger partial charge in [0.25, 0.3) is 0 Å². The van der Waals surface area contributed by atoms with Crippen molar-refractivity contribution in [1.29, 1.82) is 0 Å². The van der Waals surface area contributed by atoms with Crippen molar-refractivity contribution in [1.82, 2.24) is 15.0 Å². The van der Waals surface area contributed by atoms with Crippen molar-refractivity contribution >= 4 is 0 Å². The Balaban J connectivity index is 2.06. The maximum absolute atomic E-state index is 5.95. The molecule has 2 aromatic rings. The summed E-state index contributed by atoms with van der Waals surface area (Å²) in [6.07, 6.45) is 7.02. The number of rotatable bonds is 3. The Morgan fingerprint density at radius 3 is 2.74 bits per heavy atom. The van der Waals surface area contributed by atoms with E-state index in [2.05, 4.69) is 9.97 Å². The van der Waals surface area contributed by atoms with Gasteiger partial charge in [-0.25, -0.2) is 9.97 Å². The molecule has 98 valence electrons. The van der Waals surface area contributed by atoms with Crippen molar-refractivity contribution in [3.8, 4) is 11.3 Å². The van der Waals surface area contributed by atoms with Crippen LogP contribution in [0.4, 0.5) is 0 Å². The molecule has 1 aliphatic carbocycles. The van der Waals surface area contributed by atoms with Gasteiger partial charge in [-0.15, -0.1) is 0 Å². The summed E-state index contributed by atoms with van der Waals surface area (Å²) in [5, 5.41) is 0. The second-order valence-electron chi connectivity index (χ2n) is 5.30. The fourth-order valence-corrected chi connectivity index (χ4v) is 2.59. The standard InChI is InChI=1S/C15H18N4/c1-11-8-13(12-4-2-7-17-9-12)19-14(18-11)15(10-16)5-3-6-15/h2,4,7-9H,3,5-6,10,16H2,1H3. The lowest BCUT2D eigenvalue weighted by atomic mass is 9.68. The van der Waals surface area contributed by atoms with E-state index in [-0.39, 0.29) is 5.41 Å². The fourth-order valence-electron chi connectivity index (χ4n) is 2.59. The van der Waals surface area contributed by atoms with Crippen molar-refractivity contribution in [2.75, 3.05) is 6.54 Å². The highest BCUT2D eigenvalue weighted by atomic mass is 14.9. The molecule has 0 spiro atoms.